The number of benzene rings is 12. The van der Waals surface area contributed by atoms with Crippen LogP contribution in [0.2, 0.25) is 10.0 Å². The van der Waals surface area contributed by atoms with Crippen molar-refractivity contribution in [3.8, 4) is 51.4 Å². The van der Waals surface area contributed by atoms with Gasteiger partial charge in [0.2, 0.25) is 6.79 Å². The number of para-hydroxylation sites is 2. The van der Waals surface area contributed by atoms with E-state index in [1.807, 2.05) is 116 Å². The van der Waals surface area contributed by atoms with Gasteiger partial charge in [0.25, 0.3) is 11.1 Å². The molecular formula is C119H106Cl2N10O15. The lowest BCUT2D eigenvalue weighted by Gasteiger charge is -2.34. The first-order chi connectivity index (χ1) is 70.5. The highest BCUT2D eigenvalue weighted by Crippen LogP contribution is 2.51. The number of halogens is 2. The monoisotopic (exact) mass is 1980 g/mol. The molecule has 0 saturated carbocycles. The number of hydrogen-bond acceptors (Lipinski definition) is 22. The van der Waals surface area contributed by atoms with Crippen LogP contribution in [0.1, 0.15) is 110 Å². The number of ether oxygens (including phenoxy) is 6. The van der Waals surface area contributed by atoms with Gasteiger partial charge in [0, 0.05) is 153 Å². The summed E-state index contributed by atoms with van der Waals surface area (Å²) in [5, 5.41) is 37.7. The Morgan fingerprint density at radius 1 is 0.568 bits per heavy atom. The molecular weight excluding hydrogens is 1880 g/mol. The maximum atomic E-state index is 13.3. The smallest absolute Gasteiger partial charge is 0.330 e. The zero-order chi connectivity index (χ0) is 102. The van der Waals surface area contributed by atoms with Gasteiger partial charge in [-0.1, -0.05) is 209 Å². The number of esters is 1. The number of phenolic OH excluding ortho intramolecular Hbond substituents is 1. The van der Waals surface area contributed by atoms with Crippen LogP contribution < -0.4 is 72.0 Å². The van der Waals surface area contributed by atoms with Gasteiger partial charge in [0.1, 0.15) is 23.8 Å². The van der Waals surface area contributed by atoms with Crippen molar-refractivity contribution in [1.29, 1.82) is 0 Å². The predicted octanol–water partition coefficient (Wildman–Crippen LogP) is 21.8. The summed E-state index contributed by atoms with van der Waals surface area (Å²) in [5.41, 5.74) is 18.8. The quantitative estimate of drug-likeness (QED) is 0.0710. The average molecular weight is 1990 g/mol. The van der Waals surface area contributed by atoms with Gasteiger partial charge in [-0.05, 0) is 190 Å². The third kappa shape index (κ3) is 19.8. The fraction of sp³-hybridized carbons (Fsp3) is 0.210. The van der Waals surface area contributed by atoms with Crippen LogP contribution in [0.5, 0.6) is 34.5 Å². The van der Waals surface area contributed by atoms with Crippen molar-refractivity contribution in [3.05, 3.63) is 414 Å². The molecule has 12 aromatic carbocycles. The van der Waals surface area contributed by atoms with Gasteiger partial charge < -0.3 is 64.1 Å². The van der Waals surface area contributed by atoms with Gasteiger partial charge >= 0.3 is 11.7 Å². The Balaban J connectivity index is 0.000000112. The van der Waals surface area contributed by atoms with Crippen LogP contribution in [0, 0.1) is 28.2 Å². The standard InChI is InChI=1S/C24H27NO3.C24H25NO2.C23H12ClNO3.C21H18ClN3O3.C14H12N2O2.C13H12N2O2/c1-24(2)13-19-23(20(26)14-24)17(11-16-7-5-6-8-18(16)25-19)15-9-10-21(27-3)22(12-15)28-4;1-24(2)13-20-23(21(26)14-24)18(11-17-5-3-4-6-19(17)25-20)16-8-7-15-9-10-27-22(15)12-16;24-15-10-11-16-19-17(13-8-4-5-9-14(13)22(27)18(15)19)20(23(28)25-16)21(26)12-6-2-1-3-7-12;1-12-8-9-17(26)15(10-12)25-11-16-18(20(27)24(3)21(28)23(16)2)19(25)13-6-4-5-7-14(13)22;1-18-13(17)8-16-9-15-11-6-2-4-10-5-3-7-12(16)14(10)11;1-2-12-13(17-9-16-12)7-11(1)15-8-10-3-5-14-6-4-10/h5-10,12,17,25H,11,13-14H2,1-4H3;3-8,12,18,25H,9-11,13-14H2,1-2H3;1-11,26H;4-11,26H,1-3H3;2-7,9H,8H2,1H3;1-7,15H,8-9H2. The second-order valence-corrected chi connectivity index (χ2v) is 39.4. The zero-order valence-corrected chi connectivity index (χ0v) is 83.7. The third-order valence-electron chi connectivity index (χ3n) is 27.6. The second-order valence-electron chi connectivity index (χ2n) is 38.6. The number of aliphatic hydroxyl groups excluding tert-OH is 1. The van der Waals surface area contributed by atoms with E-state index < -0.39 is 16.8 Å². The fourth-order valence-electron chi connectivity index (χ4n) is 20.5. The molecule has 3 aromatic heterocycles. The van der Waals surface area contributed by atoms with Gasteiger partial charge in [-0.3, -0.25) is 42.9 Å². The molecule has 0 fully saturated rings. The number of Topliss-reactive ketones (excluding diaryl/α,β-unsaturated/α-hetero) is 2. The minimum Gasteiger partial charge on any atom is -0.506 e. The Labute approximate surface area is 850 Å². The van der Waals surface area contributed by atoms with E-state index in [1.165, 1.54) is 46.5 Å². The van der Waals surface area contributed by atoms with Crippen molar-refractivity contribution < 1.29 is 53.0 Å². The Kier molecular flexibility index (Phi) is 27.8. The maximum absolute atomic E-state index is 13.3. The number of aromatic nitrogens is 5. The fourth-order valence-corrected chi connectivity index (χ4v) is 21.0. The minimum absolute atomic E-state index is 0.00504. The molecule has 9 aliphatic rings. The normalized spacial score (nSPS) is 15.8. The molecule has 0 radical (unpaired) electrons. The number of rotatable bonds is 12. The minimum atomic E-state index is -0.554. The Morgan fingerprint density at radius 2 is 1.21 bits per heavy atom. The lowest BCUT2D eigenvalue weighted by Crippen LogP contribution is -2.36. The SMILES string of the molecule is CC1(C)CC(=O)C2=C(C1)Nc1ccccc1CC2c1ccc2c(c1)OCC2.COC(=O)CN1C=Nc2cccc3cccc1c23.COc1ccc(C2Cc3ccccc3NC3=C2C(=O)CC(C)(C)C3)cc1OC.Cc1ccc(O)c(-n2cc3c(c2-c2ccccc2Cl)c(=O)n(C)c(=O)n3C)c1.O=c1nc2ccc(Cl)c3c2=c(c1=C(O)c1ccccc1)c1ccccc1c3=O.c1cc(CNc2ccc3c(c2)OCO3)ccn1. The molecule has 2 atom stereocenters. The average Bonchev–Trinajstić information content (AvgIpc) is 0.819. The molecule has 0 saturated heterocycles. The molecule has 736 valence electrons. The van der Waals surface area contributed by atoms with Crippen LogP contribution in [-0.2, 0) is 59.0 Å². The molecule has 25 nitrogen and oxygen atoms in total. The summed E-state index contributed by atoms with van der Waals surface area (Å²) in [7, 11) is 7.72. The molecule has 0 amide bonds. The van der Waals surface area contributed by atoms with Crippen molar-refractivity contribution in [2.24, 2.45) is 29.9 Å². The van der Waals surface area contributed by atoms with E-state index in [0.717, 1.165) is 140 Å². The number of methoxy groups -OCH3 is 3. The Hall–Kier alpha value is -16.6. The highest BCUT2D eigenvalue weighted by molar-refractivity contribution is 6.35. The number of nitrogens with zero attached hydrogens (tertiary/aromatic N) is 7. The van der Waals surface area contributed by atoms with Gasteiger partial charge in [-0.25, -0.2) is 14.8 Å². The van der Waals surface area contributed by atoms with Gasteiger partial charge in [-0.2, -0.15) is 0 Å². The van der Waals surface area contributed by atoms with E-state index in [4.69, 9.17) is 51.6 Å². The number of carbonyl (C=O) groups excluding carboxylic acids is 3. The number of phenols is 1. The van der Waals surface area contributed by atoms with E-state index in [9.17, 15) is 43.8 Å². The number of anilines is 4. The van der Waals surface area contributed by atoms with Gasteiger partial charge in [0.15, 0.2) is 40.0 Å². The van der Waals surface area contributed by atoms with E-state index in [1.54, 1.807) is 141 Å². The summed E-state index contributed by atoms with van der Waals surface area (Å²) in [6.07, 6.45) is 12.5. The summed E-state index contributed by atoms with van der Waals surface area (Å²) in [6.45, 7) is 12.6. The first kappa shape index (κ1) is 98.2. The number of aromatic hydroxyl groups is 1. The molecule has 5 N–H and O–H groups in total. The number of nitrogens with one attached hydrogen (secondary N) is 3. The predicted molar refractivity (Wildman–Crippen MR) is 575 cm³/mol. The lowest BCUT2D eigenvalue weighted by molar-refractivity contribution is -0.138. The second kappa shape index (κ2) is 41.4. The van der Waals surface area contributed by atoms with Crippen molar-refractivity contribution in [3.63, 3.8) is 0 Å². The number of fused-ring (bicyclic) bond motifs is 7. The van der Waals surface area contributed by atoms with Crippen LogP contribution in [0.25, 0.3) is 66.1 Å². The van der Waals surface area contributed by atoms with Crippen LogP contribution >= 0.6 is 23.2 Å². The first-order valence-corrected chi connectivity index (χ1v) is 48.8. The van der Waals surface area contributed by atoms with E-state index >= 15 is 0 Å². The molecule has 2 unspecified atom stereocenters. The van der Waals surface area contributed by atoms with Crippen molar-refractivity contribution >= 4 is 125 Å². The number of carbonyl (C=O) groups is 3. The van der Waals surface area contributed by atoms with Gasteiger partial charge in [0.05, 0.1) is 89.1 Å². The van der Waals surface area contributed by atoms with E-state index in [-0.39, 0.29) is 68.9 Å². The molecule has 6 aliphatic heterocycles. The Morgan fingerprint density at radius 3 is 1.89 bits per heavy atom. The summed E-state index contributed by atoms with van der Waals surface area (Å²) < 4.78 is 36.2. The lowest BCUT2D eigenvalue weighted by atomic mass is 9.71. The first-order valence-electron chi connectivity index (χ1n) is 48.1. The number of aryl methyl sites for hydroxylation is 2. The largest absolute Gasteiger partial charge is 0.506 e. The molecule has 24 rings (SSSR count). The maximum Gasteiger partial charge on any atom is 0.330 e. The third-order valence-corrected chi connectivity index (χ3v) is 28.2. The molecule has 146 heavy (non-hydrogen) atoms. The molecule has 0 bridgehead atoms. The number of aliphatic hydroxyl groups is 1. The van der Waals surface area contributed by atoms with Gasteiger partial charge in [-0.15, -0.1) is 0 Å². The summed E-state index contributed by atoms with van der Waals surface area (Å²) in [6, 6.07) is 82.5. The highest BCUT2D eigenvalue weighted by Gasteiger charge is 2.42. The Bertz CT molecular complexity index is 8550. The molecule has 9 heterocycles. The number of ketones is 2. The zero-order valence-electron chi connectivity index (χ0n) is 82.2. The topological polar surface area (TPSA) is 308 Å². The number of aliphatic imine (C=N–C) groups is 1. The molecule has 15 aromatic rings. The van der Waals surface area contributed by atoms with E-state index in [2.05, 4.69) is 125 Å². The summed E-state index contributed by atoms with van der Waals surface area (Å²) in [4.78, 5) is 104. The van der Waals surface area contributed by atoms with Crippen molar-refractivity contribution in [2.75, 3.05) is 62.1 Å². The van der Waals surface area contributed by atoms with E-state index in [0.29, 0.717) is 107 Å². The van der Waals surface area contributed by atoms with Crippen LogP contribution in [0.4, 0.5) is 28.4 Å². The van der Waals surface area contributed by atoms with Crippen molar-refractivity contribution in [1.82, 2.24) is 23.7 Å². The van der Waals surface area contributed by atoms with Crippen LogP contribution in [-0.4, -0.2) is 99.0 Å². The van der Waals surface area contributed by atoms with Crippen molar-refractivity contribution in [2.45, 2.75) is 97.9 Å². The summed E-state index contributed by atoms with van der Waals surface area (Å²) >= 11 is 12.8. The number of pyridine rings is 1. The number of hydrogen-bond donors (Lipinski definition) is 5. The molecule has 27 heteroatoms. The highest BCUT2D eigenvalue weighted by atomic mass is 35.5. The summed E-state index contributed by atoms with van der Waals surface area (Å²) in [5.74, 6) is 4.18. The molecule has 0 spiro atoms. The van der Waals surface area contributed by atoms with Crippen LogP contribution in [0.15, 0.2) is 326 Å². The molecule has 3 aliphatic carbocycles. The van der Waals surface area contributed by atoms with Crippen LogP contribution in [0.3, 0.4) is 0 Å². The number of allylic oxidation sites excluding steroid dienone is 4.